The molecule has 2 aromatic rings. The minimum atomic E-state index is -0.256. The molecular formula is C22H31FN4O. The summed E-state index contributed by atoms with van der Waals surface area (Å²) in [5, 5.41) is 9.92. The van der Waals surface area contributed by atoms with E-state index in [4.69, 9.17) is 4.98 Å². The summed E-state index contributed by atoms with van der Waals surface area (Å²) >= 11 is 0. The monoisotopic (exact) mass is 386 g/mol. The van der Waals surface area contributed by atoms with Gasteiger partial charge in [0.05, 0.1) is 6.10 Å². The Hall–Kier alpha value is -2.05. The van der Waals surface area contributed by atoms with Crippen molar-refractivity contribution < 1.29 is 9.50 Å². The van der Waals surface area contributed by atoms with Crippen molar-refractivity contribution in [1.29, 1.82) is 0 Å². The van der Waals surface area contributed by atoms with Crippen molar-refractivity contribution in [2.75, 3.05) is 37.6 Å². The molecule has 1 saturated heterocycles. The molecule has 1 aliphatic heterocycles. The van der Waals surface area contributed by atoms with Crippen molar-refractivity contribution in [2.45, 2.75) is 46.1 Å². The Morgan fingerprint density at radius 1 is 1.07 bits per heavy atom. The highest BCUT2D eigenvalue weighted by atomic mass is 19.1. The predicted molar refractivity (Wildman–Crippen MR) is 110 cm³/mol. The van der Waals surface area contributed by atoms with E-state index in [1.807, 2.05) is 26.0 Å². The summed E-state index contributed by atoms with van der Waals surface area (Å²) in [7, 11) is 0. The first-order chi connectivity index (χ1) is 13.5. The molecule has 1 aliphatic rings. The number of piperazine rings is 1. The van der Waals surface area contributed by atoms with Gasteiger partial charge in [-0.1, -0.05) is 26.0 Å². The van der Waals surface area contributed by atoms with Gasteiger partial charge in [0, 0.05) is 50.4 Å². The SMILES string of the molecule is CCc1nc(C)nc(N2CCN(CC(O)CC)CC2)c1Cc1ccc(F)cc1. The maximum atomic E-state index is 13.3. The van der Waals surface area contributed by atoms with E-state index in [2.05, 4.69) is 21.7 Å². The number of aliphatic hydroxyl groups is 1. The van der Waals surface area contributed by atoms with Gasteiger partial charge in [0.2, 0.25) is 0 Å². The largest absolute Gasteiger partial charge is 0.392 e. The van der Waals surface area contributed by atoms with Crippen molar-refractivity contribution in [3.8, 4) is 0 Å². The average molecular weight is 387 g/mol. The predicted octanol–water partition coefficient (Wildman–Crippen LogP) is 2.97. The number of hydrogen-bond acceptors (Lipinski definition) is 5. The number of aryl methyl sites for hydroxylation is 2. The van der Waals surface area contributed by atoms with Gasteiger partial charge in [-0.2, -0.15) is 0 Å². The molecule has 1 unspecified atom stereocenters. The summed E-state index contributed by atoms with van der Waals surface area (Å²) in [4.78, 5) is 14.1. The van der Waals surface area contributed by atoms with Gasteiger partial charge in [-0.25, -0.2) is 14.4 Å². The molecule has 0 radical (unpaired) electrons. The molecule has 2 heterocycles. The Kier molecular flexibility index (Phi) is 6.97. The fraction of sp³-hybridized carbons (Fsp3) is 0.545. The Labute approximate surface area is 167 Å². The van der Waals surface area contributed by atoms with Gasteiger partial charge in [0.25, 0.3) is 0 Å². The average Bonchev–Trinajstić information content (AvgIpc) is 2.71. The van der Waals surface area contributed by atoms with Crippen LogP contribution < -0.4 is 4.90 Å². The number of anilines is 1. The normalized spacial score (nSPS) is 16.4. The van der Waals surface area contributed by atoms with E-state index in [1.54, 1.807) is 0 Å². The minimum absolute atomic E-state index is 0.217. The molecule has 0 spiro atoms. The van der Waals surface area contributed by atoms with Crippen LogP contribution in [0, 0.1) is 12.7 Å². The number of halogens is 1. The molecular weight excluding hydrogens is 355 g/mol. The lowest BCUT2D eigenvalue weighted by atomic mass is 10.0. The molecule has 6 heteroatoms. The van der Waals surface area contributed by atoms with Crippen molar-refractivity contribution in [3.05, 3.63) is 52.7 Å². The van der Waals surface area contributed by atoms with Crippen molar-refractivity contribution in [2.24, 2.45) is 0 Å². The van der Waals surface area contributed by atoms with E-state index in [1.165, 1.54) is 12.1 Å². The third kappa shape index (κ3) is 5.06. The lowest BCUT2D eigenvalue weighted by Gasteiger charge is -2.37. The zero-order valence-corrected chi connectivity index (χ0v) is 17.2. The lowest BCUT2D eigenvalue weighted by molar-refractivity contribution is 0.106. The maximum Gasteiger partial charge on any atom is 0.136 e. The molecule has 1 aromatic heterocycles. The Morgan fingerprint density at radius 2 is 1.75 bits per heavy atom. The molecule has 0 aliphatic carbocycles. The molecule has 5 nitrogen and oxygen atoms in total. The number of rotatable bonds is 7. The summed E-state index contributed by atoms with van der Waals surface area (Å²) in [6.45, 7) is 10.4. The van der Waals surface area contributed by atoms with E-state index in [9.17, 15) is 9.50 Å². The van der Waals surface area contributed by atoms with Crippen molar-refractivity contribution in [1.82, 2.24) is 14.9 Å². The first-order valence-corrected chi connectivity index (χ1v) is 10.3. The quantitative estimate of drug-likeness (QED) is 0.793. The van der Waals surface area contributed by atoms with E-state index in [0.717, 1.165) is 74.0 Å². The van der Waals surface area contributed by atoms with Gasteiger partial charge >= 0.3 is 0 Å². The zero-order chi connectivity index (χ0) is 20.1. The topological polar surface area (TPSA) is 52.5 Å². The smallest absolute Gasteiger partial charge is 0.136 e. The molecule has 3 rings (SSSR count). The molecule has 28 heavy (non-hydrogen) atoms. The summed E-state index contributed by atoms with van der Waals surface area (Å²) < 4.78 is 13.3. The van der Waals surface area contributed by atoms with Crippen LogP contribution in [0.4, 0.5) is 10.2 Å². The Morgan fingerprint density at radius 3 is 2.36 bits per heavy atom. The lowest BCUT2D eigenvalue weighted by Crippen LogP contribution is -2.49. The standard InChI is InChI=1S/C22H31FN4O/c1-4-19(28)15-26-10-12-27(13-11-26)22-20(21(5-2)24-16(3)25-22)14-17-6-8-18(23)9-7-17/h6-9,19,28H,4-5,10-15H2,1-3H3. The van der Waals surface area contributed by atoms with Crippen LogP contribution >= 0.6 is 0 Å². The summed E-state index contributed by atoms with van der Waals surface area (Å²) in [6, 6.07) is 6.69. The summed E-state index contributed by atoms with van der Waals surface area (Å²) in [5.41, 5.74) is 3.27. The van der Waals surface area contributed by atoms with Crippen LogP contribution in [0.1, 0.15) is 42.9 Å². The van der Waals surface area contributed by atoms with Gasteiger partial charge < -0.3 is 10.0 Å². The molecule has 0 bridgehead atoms. The first-order valence-electron chi connectivity index (χ1n) is 10.3. The Balaban J connectivity index is 1.82. The third-order valence-corrected chi connectivity index (χ3v) is 5.42. The number of aromatic nitrogens is 2. The molecule has 1 N–H and O–H groups in total. The maximum absolute atomic E-state index is 13.3. The fourth-order valence-corrected chi connectivity index (χ4v) is 3.75. The van der Waals surface area contributed by atoms with E-state index in [-0.39, 0.29) is 11.9 Å². The third-order valence-electron chi connectivity index (χ3n) is 5.42. The first kappa shape index (κ1) is 20.7. The van der Waals surface area contributed by atoms with Crippen molar-refractivity contribution in [3.63, 3.8) is 0 Å². The van der Waals surface area contributed by atoms with Gasteiger partial charge in [-0.3, -0.25) is 4.90 Å². The van der Waals surface area contributed by atoms with Crippen molar-refractivity contribution >= 4 is 5.82 Å². The number of benzene rings is 1. The highest BCUT2D eigenvalue weighted by Crippen LogP contribution is 2.26. The molecule has 0 amide bonds. The highest BCUT2D eigenvalue weighted by molar-refractivity contribution is 5.52. The Bertz CT molecular complexity index is 773. The second-order valence-electron chi connectivity index (χ2n) is 7.53. The van der Waals surface area contributed by atoms with Crippen LogP contribution in [0.25, 0.3) is 0 Å². The van der Waals surface area contributed by atoms with E-state index in [0.29, 0.717) is 6.42 Å². The number of aliphatic hydroxyl groups excluding tert-OH is 1. The molecule has 1 fully saturated rings. The number of nitrogens with zero attached hydrogens (tertiary/aromatic N) is 4. The fourth-order valence-electron chi connectivity index (χ4n) is 3.75. The molecule has 1 aromatic carbocycles. The van der Waals surface area contributed by atoms with E-state index >= 15 is 0 Å². The van der Waals surface area contributed by atoms with Gasteiger partial charge in [-0.05, 0) is 37.5 Å². The number of hydrogen-bond donors (Lipinski definition) is 1. The van der Waals surface area contributed by atoms with Crippen LogP contribution in [-0.2, 0) is 12.8 Å². The molecule has 1 atom stereocenters. The summed E-state index contributed by atoms with van der Waals surface area (Å²) in [6.07, 6.45) is 2.07. The van der Waals surface area contributed by atoms with Crippen LogP contribution in [0.3, 0.4) is 0 Å². The number of β-amino-alcohol motifs (C(OH)–C–C–N with tert-alkyl or cyclic N) is 1. The second kappa shape index (κ2) is 9.43. The van der Waals surface area contributed by atoms with Gasteiger partial charge in [0.1, 0.15) is 17.5 Å². The zero-order valence-electron chi connectivity index (χ0n) is 17.2. The summed E-state index contributed by atoms with van der Waals surface area (Å²) in [5.74, 6) is 1.58. The van der Waals surface area contributed by atoms with Gasteiger partial charge in [-0.15, -0.1) is 0 Å². The van der Waals surface area contributed by atoms with Gasteiger partial charge in [0.15, 0.2) is 0 Å². The van der Waals surface area contributed by atoms with Crippen LogP contribution in [0.15, 0.2) is 24.3 Å². The molecule has 152 valence electrons. The van der Waals surface area contributed by atoms with Crippen LogP contribution in [0.5, 0.6) is 0 Å². The van der Waals surface area contributed by atoms with E-state index < -0.39 is 0 Å². The highest BCUT2D eigenvalue weighted by Gasteiger charge is 2.23. The molecule has 0 saturated carbocycles. The van der Waals surface area contributed by atoms with Crippen LogP contribution in [-0.4, -0.2) is 58.8 Å². The minimum Gasteiger partial charge on any atom is -0.392 e. The second-order valence-corrected chi connectivity index (χ2v) is 7.53. The van der Waals surface area contributed by atoms with Crippen LogP contribution in [0.2, 0.25) is 0 Å².